The lowest BCUT2D eigenvalue weighted by atomic mass is 9.98. The standard InChI is InChI=1S/C39H26N2O/c1-3-13-29(14-4-1)39-40-37-36(26-30-15-8-10-20-35(30)38(37)42-39)41(31-17-5-2-6-18-31)32-24-22-28(23-25-32)34-21-11-16-27-12-7-9-19-33(27)34/h1-26H. The number of nitrogens with zero attached hydrogens (tertiary/aromatic N) is 2. The van der Waals surface area contributed by atoms with Crippen molar-refractivity contribution in [3.8, 4) is 22.6 Å². The van der Waals surface area contributed by atoms with Gasteiger partial charge >= 0.3 is 0 Å². The first-order valence-electron chi connectivity index (χ1n) is 14.1. The Bertz CT molecular complexity index is 2180. The molecule has 0 fully saturated rings. The Hall–Kier alpha value is -5.67. The molecule has 0 unspecified atom stereocenters. The molecular weight excluding hydrogens is 512 g/mol. The lowest BCUT2D eigenvalue weighted by Crippen LogP contribution is -2.10. The van der Waals surface area contributed by atoms with Crippen LogP contribution in [0.15, 0.2) is 162 Å². The first-order chi connectivity index (χ1) is 20.8. The number of fused-ring (bicyclic) bond motifs is 4. The number of anilines is 3. The summed E-state index contributed by atoms with van der Waals surface area (Å²) < 4.78 is 6.51. The highest BCUT2D eigenvalue weighted by Crippen LogP contribution is 2.43. The van der Waals surface area contributed by atoms with Crippen molar-refractivity contribution in [1.82, 2.24) is 4.98 Å². The van der Waals surface area contributed by atoms with Gasteiger partial charge < -0.3 is 9.32 Å². The minimum Gasteiger partial charge on any atom is -0.435 e. The summed E-state index contributed by atoms with van der Waals surface area (Å²) >= 11 is 0. The number of hydrogen-bond donors (Lipinski definition) is 0. The molecule has 1 aromatic heterocycles. The molecule has 0 spiro atoms. The molecule has 1 heterocycles. The number of oxazole rings is 1. The second-order valence-electron chi connectivity index (χ2n) is 10.4. The summed E-state index contributed by atoms with van der Waals surface area (Å²) in [4.78, 5) is 7.37. The minimum absolute atomic E-state index is 0.613. The van der Waals surface area contributed by atoms with Crippen molar-refractivity contribution in [3.63, 3.8) is 0 Å². The highest BCUT2D eigenvalue weighted by atomic mass is 16.3. The average molecular weight is 539 g/mol. The molecule has 198 valence electrons. The van der Waals surface area contributed by atoms with Gasteiger partial charge in [0.25, 0.3) is 0 Å². The smallest absolute Gasteiger partial charge is 0.227 e. The van der Waals surface area contributed by atoms with Crippen molar-refractivity contribution < 1.29 is 4.42 Å². The summed E-state index contributed by atoms with van der Waals surface area (Å²) in [6.45, 7) is 0. The minimum atomic E-state index is 0.613. The maximum absolute atomic E-state index is 6.51. The van der Waals surface area contributed by atoms with E-state index in [4.69, 9.17) is 9.40 Å². The third kappa shape index (κ3) is 4.11. The van der Waals surface area contributed by atoms with Crippen LogP contribution in [0.5, 0.6) is 0 Å². The van der Waals surface area contributed by atoms with Gasteiger partial charge in [0.2, 0.25) is 5.89 Å². The molecule has 0 atom stereocenters. The summed E-state index contributed by atoms with van der Waals surface area (Å²) in [6, 6.07) is 55.0. The Labute approximate surface area is 243 Å². The molecule has 0 aliphatic carbocycles. The Balaban J connectivity index is 1.34. The molecule has 0 bridgehead atoms. The van der Waals surface area contributed by atoms with Crippen LogP contribution in [-0.4, -0.2) is 4.98 Å². The average Bonchev–Trinajstić information content (AvgIpc) is 3.52. The Kier molecular flexibility index (Phi) is 5.79. The molecule has 0 saturated carbocycles. The Morgan fingerprint density at radius 2 is 1.10 bits per heavy atom. The Morgan fingerprint density at radius 1 is 0.476 bits per heavy atom. The molecule has 7 aromatic carbocycles. The van der Waals surface area contributed by atoms with Gasteiger partial charge in [0.15, 0.2) is 5.58 Å². The van der Waals surface area contributed by atoms with Crippen molar-refractivity contribution in [2.45, 2.75) is 0 Å². The van der Waals surface area contributed by atoms with Crippen LogP contribution in [0.3, 0.4) is 0 Å². The lowest BCUT2D eigenvalue weighted by Gasteiger charge is -2.26. The molecular formula is C39H26N2O. The van der Waals surface area contributed by atoms with Gasteiger partial charge in [-0.3, -0.25) is 0 Å². The van der Waals surface area contributed by atoms with Crippen LogP contribution in [0.4, 0.5) is 17.1 Å². The molecule has 0 aliphatic heterocycles. The van der Waals surface area contributed by atoms with E-state index in [1.54, 1.807) is 0 Å². The van der Waals surface area contributed by atoms with Gasteiger partial charge in [-0.25, -0.2) is 4.98 Å². The molecule has 3 heteroatoms. The molecule has 0 amide bonds. The third-order valence-corrected chi connectivity index (χ3v) is 7.87. The van der Waals surface area contributed by atoms with Gasteiger partial charge in [-0.15, -0.1) is 0 Å². The van der Waals surface area contributed by atoms with E-state index in [9.17, 15) is 0 Å². The first-order valence-corrected chi connectivity index (χ1v) is 14.1. The zero-order chi connectivity index (χ0) is 27.9. The fraction of sp³-hybridized carbons (Fsp3) is 0. The molecule has 42 heavy (non-hydrogen) atoms. The van der Waals surface area contributed by atoms with Crippen LogP contribution in [0, 0.1) is 0 Å². The van der Waals surface area contributed by atoms with E-state index in [0.29, 0.717) is 5.89 Å². The van der Waals surface area contributed by atoms with Crippen molar-refractivity contribution in [1.29, 1.82) is 0 Å². The molecule has 0 radical (unpaired) electrons. The van der Waals surface area contributed by atoms with Gasteiger partial charge in [-0.05, 0) is 69.8 Å². The monoisotopic (exact) mass is 538 g/mol. The zero-order valence-electron chi connectivity index (χ0n) is 22.8. The molecule has 8 aromatic rings. The topological polar surface area (TPSA) is 29.3 Å². The maximum Gasteiger partial charge on any atom is 0.227 e. The van der Waals surface area contributed by atoms with Gasteiger partial charge in [0.05, 0.1) is 5.69 Å². The summed E-state index contributed by atoms with van der Waals surface area (Å²) in [7, 11) is 0. The van der Waals surface area contributed by atoms with E-state index in [2.05, 4.69) is 120 Å². The normalized spacial score (nSPS) is 11.3. The highest BCUT2D eigenvalue weighted by Gasteiger charge is 2.22. The predicted molar refractivity (Wildman–Crippen MR) is 175 cm³/mol. The van der Waals surface area contributed by atoms with E-state index in [1.165, 1.54) is 21.9 Å². The van der Waals surface area contributed by atoms with Gasteiger partial charge in [-0.2, -0.15) is 0 Å². The lowest BCUT2D eigenvalue weighted by molar-refractivity contribution is 0.623. The van der Waals surface area contributed by atoms with Crippen molar-refractivity contribution in [2.75, 3.05) is 4.90 Å². The highest BCUT2D eigenvalue weighted by molar-refractivity contribution is 6.11. The maximum atomic E-state index is 6.51. The number of hydrogen-bond acceptors (Lipinski definition) is 3. The second-order valence-corrected chi connectivity index (χ2v) is 10.4. The number of para-hydroxylation sites is 1. The van der Waals surface area contributed by atoms with E-state index < -0.39 is 0 Å². The summed E-state index contributed by atoms with van der Waals surface area (Å²) in [5.41, 5.74) is 8.04. The molecule has 0 N–H and O–H groups in total. The fourth-order valence-corrected chi connectivity index (χ4v) is 5.87. The summed E-state index contributed by atoms with van der Waals surface area (Å²) in [5.74, 6) is 0.613. The fourth-order valence-electron chi connectivity index (χ4n) is 5.87. The number of aromatic nitrogens is 1. The van der Waals surface area contributed by atoms with Crippen LogP contribution in [-0.2, 0) is 0 Å². The van der Waals surface area contributed by atoms with Gasteiger partial charge in [0.1, 0.15) is 5.52 Å². The molecule has 0 aliphatic rings. The molecule has 8 rings (SSSR count). The predicted octanol–water partition coefficient (Wildman–Crippen LogP) is 10.9. The van der Waals surface area contributed by atoms with E-state index in [1.807, 2.05) is 42.5 Å². The van der Waals surface area contributed by atoms with E-state index >= 15 is 0 Å². The Morgan fingerprint density at radius 3 is 1.88 bits per heavy atom. The van der Waals surface area contributed by atoms with Crippen LogP contribution in [0.2, 0.25) is 0 Å². The summed E-state index contributed by atoms with van der Waals surface area (Å²) in [6.07, 6.45) is 0. The zero-order valence-corrected chi connectivity index (χ0v) is 22.8. The first kappa shape index (κ1) is 24.2. The van der Waals surface area contributed by atoms with Crippen LogP contribution >= 0.6 is 0 Å². The molecule has 0 saturated heterocycles. The van der Waals surface area contributed by atoms with E-state index in [0.717, 1.165) is 44.5 Å². The van der Waals surface area contributed by atoms with Gasteiger partial charge in [-0.1, -0.05) is 115 Å². The molecule has 3 nitrogen and oxygen atoms in total. The van der Waals surface area contributed by atoms with Crippen molar-refractivity contribution >= 4 is 49.7 Å². The third-order valence-electron chi connectivity index (χ3n) is 7.87. The van der Waals surface area contributed by atoms with Crippen molar-refractivity contribution in [3.05, 3.63) is 158 Å². The SMILES string of the molecule is c1ccc(-c2nc3c(N(c4ccccc4)c4ccc(-c5cccc6ccccc56)cc4)cc4ccccc4c3o2)cc1. The quantitative estimate of drug-likeness (QED) is 0.218. The van der Waals surface area contributed by atoms with E-state index in [-0.39, 0.29) is 0 Å². The largest absolute Gasteiger partial charge is 0.435 e. The number of rotatable bonds is 5. The van der Waals surface area contributed by atoms with Crippen LogP contribution in [0.25, 0.3) is 55.2 Å². The van der Waals surface area contributed by atoms with Crippen LogP contribution < -0.4 is 4.90 Å². The van der Waals surface area contributed by atoms with Gasteiger partial charge in [0, 0.05) is 22.3 Å². The van der Waals surface area contributed by atoms with Crippen LogP contribution in [0.1, 0.15) is 0 Å². The van der Waals surface area contributed by atoms with Crippen molar-refractivity contribution in [2.24, 2.45) is 0 Å². The number of benzene rings is 7. The summed E-state index contributed by atoms with van der Waals surface area (Å²) in [5, 5.41) is 4.64. The second kappa shape index (κ2) is 10.1.